The molecule has 116 valence electrons. The van der Waals surface area contributed by atoms with Gasteiger partial charge in [-0.3, -0.25) is 0 Å². The molecule has 4 atom stereocenters. The fourth-order valence-corrected chi connectivity index (χ4v) is 3.93. The minimum absolute atomic E-state index is 0.159. The third-order valence-corrected chi connectivity index (χ3v) is 5.02. The van der Waals surface area contributed by atoms with E-state index in [0.29, 0.717) is 11.8 Å². The molecule has 2 fully saturated rings. The molecular formula is C17H24O4. The van der Waals surface area contributed by atoms with Crippen LogP contribution in [0.5, 0.6) is 5.75 Å². The first-order valence-electron chi connectivity index (χ1n) is 7.62. The molecule has 1 aliphatic heterocycles. The minimum Gasteiger partial charge on any atom is -0.497 e. The smallest absolute Gasteiger partial charge is 0.174 e. The lowest BCUT2D eigenvalue weighted by atomic mass is 9.71. The highest BCUT2D eigenvalue weighted by Gasteiger charge is 2.54. The summed E-state index contributed by atoms with van der Waals surface area (Å²) in [4.78, 5) is 0. The van der Waals surface area contributed by atoms with Gasteiger partial charge in [0.2, 0.25) is 0 Å². The van der Waals surface area contributed by atoms with Crippen LogP contribution in [0, 0.1) is 5.92 Å². The molecule has 2 aliphatic rings. The molecule has 21 heavy (non-hydrogen) atoms. The topological polar surface area (TPSA) is 36.9 Å². The molecule has 4 heteroatoms. The molecule has 4 nitrogen and oxygen atoms in total. The summed E-state index contributed by atoms with van der Waals surface area (Å²) in [5, 5.41) is 0. The van der Waals surface area contributed by atoms with Crippen molar-refractivity contribution in [3.05, 3.63) is 29.8 Å². The number of rotatable bonds is 4. The lowest BCUT2D eigenvalue weighted by Crippen LogP contribution is -2.43. The highest BCUT2D eigenvalue weighted by molar-refractivity contribution is 5.30. The van der Waals surface area contributed by atoms with Gasteiger partial charge in [-0.2, -0.15) is 0 Å². The predicted molar refractivity (Wildman–Crippen MR) is 79.3 cm³/mol. The van der Waals surface area contributed by atoms with E-state index in [-0.39, 0.29) is 6.29 Å². The van der Waals surface area contributed by atoms with Gasteiger partial charge in [0, 0.05) is 33.0 Å². The van der Waals surface area contributed by atoms with E-state index in [1.165, 1.54) is 12.0 Å². The molecule has 1 aromatic rings. The second kappa shape index (κ2) is 5.95. The maximum Gasteiger partial charge on any atom is 0.174 e. The standard InChI is InChI=1S/C17H24O4/c1-18-13-8-6-12(7-9-13)14-5-4-10-17(20-3)15(14)11-16(19-2)21-17/h6-9,14-16H,4-5,10-11H2,1-3H3. The summed E-state index contributed by atoms with van der Waals surface area (Å²) in [6.07, 6.45) is 3.95. The van der Waals surface area contributed by atoms with Gasteiger partial charge in [0.1, 0.15) is 5.75 Å². The van der Waals surface area contributed by atoms with E-state index in [1.807, 2.05) is 12.1 Å². The summed E-state index contributed by atoms with van der Waals surface area (Å²) in [6, 6.07) is 8.38. The van der Waals surface area contributed by atoms with Gasteiger partial charge in [-0.1, -0.05) is 12.1 Å². The second-order valence-corrected chi connectivity index (χ2v) is 5.91. The maximum absolute atomic E-state index is 6.08. The van der Waals surface area contributed by atoms with Crippen molar-refractivity contribution in [1.82, 2.24) is 0 Å². The van der Waals surface area contributed by atoms with Crippen LogP contribution in [0.2, 0.25) is 0 Å². The lowest BCUT2D eigenvalue weighted by molar-refractivity contribution is -0.278. The Morgan fingerprint density at radius 1 is 1.14 bits per heavy atom. The van der Waals surface area contributed by atoms with Crippen LogP contribution < -0.4 is 4.74 Å². The van der Waals surface area contributed by atoms with Crippen LogP contribution in [0.1, 0.15) is 37.2 Å². The molecule has 0 bridgehead atoms. The monoisotopic (exact) mass is 292 g/mol. The van der Waals surface area contributed by atoms with Crippen molar-refractivity contribution < 1.29 is 18.9 Å². The Balaban J connectivity index is 1.87. The lowest BCUT2D eigenvalue weighted by Gasteiger charge is -2.41. The Hall–Kier alpha value is -1.10. The van der Waals surface area contributed by atoms with Gasteiger partial charge in [0.15, 0.2) is 12.1 Å². The van der Waals surface area contributed by atoms with Crippen molar-refractivity contribution in [3.8, 4) is 5.75 Å². The molecule has 1 aromatic carbocycles. The summed E-state index contributed by atoms with van der Waals surface area (Å²) in [7, 11) is 5.15. The summed E-state index contributed by atoms with van der Waals surface area (Å²) in [5.74, 6) is 1.20. The van der Waals surface area contributed by atoms with E-state index < -0.39 is 5.79 Å². The summed E-state index contributed by atoms with van der Waals surface area (Å²) < 4.78 is 22.6. The van der Waals surface area contributed by atoms with Crippen LogP contribution in [0.3, 0.4) is 0 Å². The average molecular weight is 292 g/mol. The molecule has 4 unspecified atom stereocenters. The van der Waals surface area contributed by atoms with Crippen LogP contribution in [0.25, 0.3) is 0 Å². The van der Waals surface area contributed by atoms with Crippen molar-refractivity contribution in [2.24, 2.45) is 5.92 Å². The Kier molecular flexibility index (Phi) is 4.20. The summed E-state index contributed by atoms with van der Waals surface area (Å²) >= 11 is 0. The van der Waals surface area contributed by atoms with Gasteiger partial charge in [-0.05, 0) is 36.5 Å². The normalized spacial score (nSPS) is 35.5. The van der Waals surface area contributed by atoms with Crippen LogP contribution in [0.15, 0.2) is 24.3 Å². The van der Waals surface area contributed by atoms with Crippen LogP contribution in [-0.4, -0.2) is 33.4 Å². The van der Waals surface area contributed by atoms with E-state index >= 15 is 0 Å². The van der Waals surface area contributed by atoms with E-state index in [9.17, 15) is 0 Å². The number of hydrogen-bond acceptors (Lipinski definition) is 4. The second-order valence-electron chi connectivity index (χ2n) is 5.91. The largest absolute Gasteiger partial charge is 0.497 e. The third kappa shape index (κ3) is 2.56. The molecule has 1 saturated carbocycles. The van der Waals surface area contributed by atoms with Crippen LogP contribution in [-0.2, 0) is 14.2 Å². The fraction of sp³-hybridized carbons (Fsp3) is 0.647. The molecule has 3 rings (SSSR count). The number of fused-ring (bicyclic) bond motifs is 1. The van der Waals surface area contributed by atoms with Crippen LogP contribution >= 0.6 is 0 Å². The molecule has 0 aromatic heterocycles. The van der Waals surface area contributed by atoms with Gasteiger partial charge >= 0.3 is 0 Å². The van der Waals surface area contributed by atoms with E-state index in [2.05, 4.69) is 12.1 Å². The van der Waals surface area contributed by atoms with Crippen molar-refractivity contribution in [1.29, 1.82) is 0 Å². The fourth-order valence-electron chi connectivity index (χ4n) is 3.93. The molecule has 0 amide bonds. The quantitative estimate of drug-likeness (QED) is 0.853. The van der Waals surface area contributed by atoms with Gasteiger partial charge < -0.3 is 18.9 Å². The van der Waals surface area contributed by atoms with Crippen molar-refractivity contribution in [2.45, 2.75) is 43.7 Å². The number of methoxy groups -OCH3 is 3. The first kappa shape index (κ1) is 14.8. The first-order chi connectivity index (χ1) is 10.2. The zero-order valence-electron chi connectivity index (χ0n) is 13.0. The Bertz CT molecular complexity index is 472. The average Bonchev–Trinajstić information content (AvgIpc) is 2.94. The zero-order valence-corrected chi connectivity index (χ0v) is 13.0. The van der Waals surface area contributed by atoms with E-state index in [4.69, 9.17) is 18.9 Å². The first-order valence-corrected chi connectivity index (χ1v) is 7.62. The molecule has 1 saturated heterocycles. The van der Waals surface area contributed by atoms with Gasteiger partial charge in [-0.25, -0.2) is 0 Å². The Labute approximate surface area is 126 Å². The van der Waals surface area contributed by atoms with Gasteiger partial charge in [0.05, 0.1) is 7.11 Å². The van der Waals surface area contributed by atoms with E-state index in [1.54, 1.807) is 21.3 Å². The predicted octanol–water partition coefficient (Wildman–Crippen LogP) is 3.31. The van der Waals surface area contributed by atoms with Gasteiger partial charge in [0.25, 0.3) is 0 Å². The number of hydrogen-bond donors (Lipinski definition) is 0. The molecule has 1 aliphatic carbocycles. The zero-order chi connectivity index (χ0) is 14.9. The molecule has 1 heterocycles. The summed E-state index contributed by atoms with van der Waals surface area (Å²) in [6.45, 7) is 0. The molecule has 0 radical (unpaired) electrons. The Morgan fingerprint density at radius 2 is 1.90 bits per heavy atom. The SMILES string of the molecule is COc1ccc(C2CCCC3(OC)OC(OC)CC23)cc1. The van der Waals surface area contributed by atoms with E-state index in [0.717, 1.165) is 25.0 Å². The van der Waals surface area contributed by atoms with Gasteiger partial charge in [-0.15, -0.1) is 0 Å². The Morgan fingerprint density at radius 3 is 2.52 bits per heavy atom. The molecule has 0 N–H and O–H groups in total. The highest BCUT2D eigenvalue weighted by atomic mass is 16.8. The molecular weight excluding hydrogens is 268 g/mol. The highest BCUT2D eigenvalue weighted by Crippen LogP contribution is 2.53. The van der Waals surface area contributed by atoms with Crippen molar-refractivity contribution in [3.63, 3.8) is 0 Å². The number of ether oxygens (including phenoxy) is 4. The molecule has 0 spiro atoms. The van der Waals surface area contributed by atoms with Crippen molar-refractivity contribution >= 4 is 0 Å². The van der Waals surface area contributed by atoms with Crippen LogP contribution in [0.4, 0.5) is 0 Å². The maximum atomic E-state index is 6.08. The summed E-state index contributed by atoms with van der Waals surface area (Å²) in [5.41, 5.74) is 1.34. The third-order valence-electron chi connectivity index (χ3n) is 5.02. The number of benzene rings is 1. The van der Waals surface area contributed by atoms with Crippen molar-refractivity contribution in [2.75, 3.05) is 21.3 Å². The minimum atomic E-state index is -0.483.